The van der Waals surface area contributed by atoms with E-state index >= 15 is 0 Å². The van der Waals surface area contributed by atoms with Gasteiger partial charge in [0, 0.05) is 6.61 Å². The maximum absolute atomic E-state index is 10.7. The molecule has 0 unspecified atom stereocenters. The van der Waals surface area contributed by atoms with E-state index in [2.05, 4.69) is 5.32 Å². The monoisotopic (exact) mass is 176 g/mol. The first kappa shape index (κ1) is 10.7. The van der Waals surface area contributed by atoms with Crippen molar-refractivity contribution in [2.24, 2.45) is 5.84 Å². The Morgan fingerprint density at radius 2 is 2.08 bits per heavy atom. The molecule has 5 N–H and O–H groups in total. The van der Waals surface area contributed by atoms with Crippen molar-refractivity contribution in [3.63, 3.8) is 0 Å². The fourth-order valence-corrected chi connectivity index (χ4v) is 0.402. The summed E-state index contributed by atoms with van der Waals surface area (Å²) in [7, 11) is 0. The third-order valence-corrected chi connectivity index (χ3v) is 0.897. The maximum atomic E-state index is 10.7. The second-order valence-electron chi connectivity index (χ2n) is 1.74. The van der Waals surface area contributed by atoms with Crippen molar-refractivity contribution in [3.8, 4) is 0 Å². The Bertz CT molecular complexity index is 161. The van der Waals surface area contributed by atoms with Crippen molar-refractivity contribution >= 4 is 12.1 Å². The highest BCUT2D eigenvalue weighted by molar-refractivity contribution is 5.92. The van der Waals surface area contributed by atoms with Gasteiger partial charge in [0.15, 0.2) is 0 Å². The van der Waals surface area contributed by atoms with Gasteiger partial charge in [-0.05, 0) is 6.92 Å². The lowest BCUT2D eigenvalue weighted by Crippen LogP contribution is -2.47. The summed E-state index contributed by atoms with van der Waals surface area (Å²) in [5, 5.41) is 4.14. The topological polar surface area (TPSA) is 105 Å². The number of amides is 4. The van der Waals surface area contributed by atoms with E-state index in [4.69, 9.17) is 10.6 Å². The lowest BCUT2D eigenvalue weighted by atomic mass is 10.8. The zero-order chi connectivity index (χ0) is 9.40. The van der Waals surface area contributed by atoms with Gasteiger partial charge in [-0.2, -0.15) is 0 Å². The average molecular weight is 176 g/mol. The molecule has 0 radical (unpaired) electrons. The van der Waals surface area contributed by atoms with Gasteiger partial charge in [0.1, 0.15) is 6.73 Å². The number of hydrogen-bond donors (Lipinski definition) is 4. The summed E-state index contributed by atoms with van der Waals surface area (Å²) < 4.78 is 4.78. The Hall–Kier alpha value is -1.34. The highest BCUT2D eigenvalue weighted by Gasteiger charge is 2.02. The summed E-state index contributed by atoms with van der Waals surface area (Å²) in [6.07, 6.45) is 0. The smallest absolute Gasteiger partial charge is 0.336 e. The van der Waals surface area contributed by atoms with Crippen molar-refractivity contribution in [2.45, 2.75) is 6.92 Å². The molecule has 0 saturated carbocycles. The minimum atomic E-state index is -0.774. The first-order valence-electron chi connectivity index (χ1n) is 3.33. The molecule has 12 heavy (non-hydrogen) atoms. The molecule has 0 aromatic rings. The van der Waals surface area contributed by atoms with E-state index in [-0.39, 0.29) is 6.73 Å². The van der Waals surface area contributed by atoms with Gasteiger partial charge in [0.2, 0.25) is 0 Å². The van der Waals surface area contributed by atoms with E-state index in [1.165, 1.54) is 0 Å². The zero-order valence-corrected chi connectivity index (χ0v) is 6.72. The predicted molar refractivity (Wildman–Crippen MR) is 40.9 cm³/mol. The molecule has 0 rings (SSSR count). The van der Waals surface area contributed by atoms with Crippen molar-refractivity contribution in [3.05, 3.63) is 0 Å². The number of imide groups is 1. The normalized spacial score (nSPS) is 8.83. The van der Waals surface area contributed by atoms with Gasteiger partial charge in [-0.15, -0.1) is 0 Å². The van der Waals surface area contributed by atoms with E-state index in [1.807, 2.05) is 5.32 Å². The van der Waals surface area contributed by atoms with Crippen molar-refractivity contribution in [2.75, 3.05) is 13.3 Å². The molecule has 0 bridgehead atoms. The second-order valence-corrected chi connectivity index (χ2v) is 1.74. The van der Waals surface area contributed by atoms with Gasteiger partial charge in [0.25, 0.3) is 0 Å². The number of ether oxygens (including phenoxy) is 1. The first-order valence-corrected chi connectivity index (χ1v) is 3.33. The molecular formula is C5H12N4O3. The quantitative estimate of drug-likeness (QED) is 0.143. The van der Waals surface area contributed by atoms with Gasteiger partial charge in [-0.3, -0.25) is 10.7 Å². The summed E-state index contributed by atoms with van der Waals surface area (Å²) in [5.41, 5.74) is 1.73. The van der Waals surface area contributed by atoms with Crippen LogP contribution in [-0.2, 0) is 4.74 Å². The number of carbonyl (C=O) groups excluding carboxylic acids is 2. The van der Waals surface area contributed by atoms with Crippen LogP contribution in [0.15, 0.2) is 0 Å². The zero-order valence-electron chi connectivity index (χ0n) is 6.72. The number of hydrazine groups is 1. The van der Waals surface area contributed by atoms with Crippen molar-refractivity contribution in [1.82, 2.24) is 16.1 Å². The molecule has 0 aliphatic carbocycles. The lowest BCUT2D eigenvalue weighted by Gasteiger charge is -2.04. The molecule has 0 aromatic carbocycles. The highest BCUT2D eigenvalue weighted by atomic mass is 16.5. The van der Waals surface area contributed by atoms with Gasteiger partial charge < -0.3 is 10.1 Å². The fraction of sp³-hybridized carbons (Fsp3) is 0.600. The number of rotatable bonds is 3. The third-order valence-electron chi connectivity index (χ3n) is 0.897. The first-order chi connectivity index (χ1) is 5.70. The van der Waals surface area contributed by atoms with Crippen LogP contribution in [0.25, 0.3) is 0 Å². The number of nitrogens with one attached hydrogen (secondary N) is 3. The molecular weight excluding hydrogens is 164 g/mol. The molecule has 7 heteroatoms. The van der Waals surface area contributed by atoms with Crippen molar-refractivity contribution < 1.29 is 14.3 Å². The van der Waals surface area contributed by atoms with Crippen LogP contribution in [0, 0.1) is 0 Å². The molecule has 0 heterocycles. The summed E-state index contributed by atoms with van der Waals surface area (Å²) >= 11 is 0. The Labute approximate surface area is 69.6 Å². The molecule has 0 aromatic heterocycles. The van der Waals surface area contributed by atoms with Crippen LogP contribution in [0.2, 0.25) is 0 Å². The van der Waals surface area contributed by atoms with E-state index < -0.39 is 12.1 Å². The number of urea groups is 2. The summed E-state index contributed by atoms with van der Waals surface area (Å²) in [5.74, 6) is 4.70. The fourth-order valence-electron chi connectivity index (χ4n) is 0.402. The molecule has 0 fully saturated rings. The van der Waals surface area contributed by atoms with Gasteiger partial charge in [-0.25, -0.2) is 15.4 Å². The number of hydrogen-bond acceptors (Lipinski definition) is 4. The molecule has 0 aliphatic heterocycles. The third kappa shape index (κ3) is 5.45. The van der Waals surface area contributed by atoms with Crippen LogP contribution in [0.5, 0.6) is 0 Å². The van der Waals surface area contributed by atoms with Gasteiger partial charge in [0.05, 0.1) is 0 Å². The Kier molecular flexibility index (Phi) is 5.66. The minimum absolute atomic E-state index is 0.0557. The summed E-state index contributed by atoms with van der Waals surface area (Å²) in [4.78, 5) is 21.1. The highest BCUT2D eigenvalue weighted by Crippen LogP contribution is 1.69. The lowest BCUT2D eigenvalue weighted by molar-refractivity contribution is 0.132. The number of nitrogens with two attached hydrogens (primary N) is 1. The SMILES string of the molecule is CCOCNC(=O)NC(=O)NN. The maximum Gasteiger partial charge on any atom is 0.336 e. The molecule has 0 atom stereocenters. The Morgan fingerprint density at radius 1 is 1.42 bits per heavy atom. The second kappa shape index (κ2) is 6.38. The van der Waals surface area contributed by atoms with E-state index in [9.17, 15) is 9.59 Å². The minimum Gasteiger partial charge on any atom is -0.361 e. The van der Waals surface area contributed by atoms with Crippen LogP contribution in [0.3, 0.4) is 0 Å². The van der Waals surface area contributed by atoms with Crippen LogP contribution in [0.1, 0.15) is 6.92 Å². The van der Waals surface area contributed by atoms with Gasteiger partial charge >= 0.3 is 12.1 Å². The van der Waals surface area contributed by atoms with Crippen LogP contribution < -0.4 is 21.9 Å². The van der Waals surface area contributed by atoms with E-state index in [0.717, 1.165) is 0 Å². The molecule has 0 saturated heterocycles. The Morgan fingerprint density at radius 3 is 2.58 bits per heavy atom. The number of carbonyl (C=O) groups is 2. The molecule has 0 aliphatic rings. The van der Waals surface area contributed by atoms with E-state index in [1.54, 1.807) is 12.3 Å². The molecule has 70 valence electrons. The molecule has 4 amide bonds. The Balaban J connectivity index is 3.40. The van der Waals surface area contributed by atoms with Crippen LogP contribution >= 0.6 is 0 Å². The van der Waals surface area contributed by atoms with Crippen molar-refractivity contribution in [1.29, 1.82) is 0 Å². The van der Waals surface area contributed by atoms with E-state index in [0.29, 0.717) is 6.61 Å². The predicted octanol–water partition coefficient (Wildman–Crippen LogP) is -1.14. The summed E-state index contributed by atoms with van der Waals surface area (Å²) in [6.45, 7) is 2.33. The molecule has 0 spiro atoms. The molecule has 7 nitrogen and oxygen atoms in total. The van der Waals surface area contributed by atoms with Crippen LogP contribution in [-0.4, -0.2) is 25.4 Å². The summed E-state index contributed by atoms with van der Waals surface area (Å²) in [6, 6.07) is -1.43. The largest absolute Gasteiger partial charge is 0.361 e. The standard InChI is InChI=1S/C5H12N4O3/c1-2-12-3-7-4(10)8-5(11)9-6/h2-3,6H2,1H3,(H3,7,8,9,10,11). The van der Waals surface area contributed by atoms with Gasteiger partial charge in [-0.1, -0.05) is 0 Å². The average Bonchev–Trinajstić information content (AvgIpc) is 2.05. The van der Waals surface area contributed by atoms with Crippen LogP contribution in [0.4, 0.5) is 9.59 Å².